The third-order valence-corrected chi connectivity index (χ3v) is 4.93. The molecule has 0 spiro atoms. The molecule has 158 valence electrons. The molecule has 0 aliphatic carbocycles. The van der Waals surface area contributed by atoms with Crippen molar-refractivity contribution in [3.05, 3.63) is 76.3 Å². The fraction of sp³-hybridized carbons (Fsp3) is 0.227. The maximum absolute atomic E-state index is 12.8. The van der Waals surface area contributed by atoms with Crippen LogP contribution in [0.2, 0.25) is 0 Å². The van der Waals surface area contributed by atoms with Gasteiger partial charge in [0.15, 0.2) is 11.2 Å². The number of aromatic nitrogens is 5. The fourth-order valence-corrected chi connectivity index (χ4v) is 3.17. The summed E-state index contributed by atoms with van der Waals surface area (Å²) < 4.78 is 2.81. The lowest BCUT2D eigenvalue weighted by Crippen LogP contribution is -2.28. The van der Waals surface area contributed by atoms with Crippen molar-refractivity contribution >= 4 is 28.4 Å². The Hall–Kier alpha value is -4.01. The third-order valence-electron chi connectivity index (χ3n) is 4.93. The minimum atomic E-state index is -0.404. The second kappa shape index (κ2) is 8.39. The average Bonchev–Trinajstić information content (AvgIpc) is 3.15. The molecule has 1 amide bonds. The molecule has 0 aliphatic rings. The molecule has 0 unspecified atom stereocenters. The molecule has 31 heavy (non-hydrogen) atoms. The number of carbonyl (C=O) groups is 1. The maximum Gasteiger partial charge on any atom is 0.283 e. The van der Waals surface area contributed by atoms with Gasteiger partial charge >= 0.3 is 0 Å². The largest absolute Gasteiger partial charge is 0.378 e. The van der Waals surface area contributed by atoms with Gasteiger partial charge in [-0.1, -0.05) is 35.0 Å². The normalized spacial score (nSPS) is 10.9. The first-order valence-corrected chi connectivity index (χ1v) is 9.82. The van der Waals surface area contributed by atoms with Crippen molar-refractivity contribution in [3.63, 3.8) is 0 Å². The van der Waals surface area contributed by atoms with Crippen molar-refractivity contribution in [2.45, 2.75) is 20.0 Å². The smallest absolute Gasteiger partial charge is 0.283 e. The Balaban J connectivity index is 1.49. The molecule has 4 aromatic rings. The summed E-state index contributed by atoms with van der Waals surface area (Å²) in [6.45, 7) is 2.31. The van der Waals surface area contributed by atoms with Crippen molar-refractivity contribution in [1.82, 2.24) is 24.5 Å². The lowest BCUT2D eigenvalue weighted by Gasteiger charge is -2.13. The first-order chi connectivity index (χ1) is 14.9. The van der Waals surface area contributed by atoms with E-state index in [0.29, 0.717) is 17.9 Å². The van der Waals surface area contributed by atoms with E-state index < -0.39 is 5.56 Å². The summed E-state index contributed by atoms with van der Waals surface area (Å²) in [4.78, 5) is 31.5. The van der Waals surface area contributed by atoms with Gasteiger partial charge in [-0.15, -0.1) is 5.10 Å². The monoisotopic (exact) mass is 417 g/mol. The summed E-state index contributed by atoms with van der Waals surface area (Å²) in [6.07, 6.45) is 1.36. The summed E-state index contributed by atoms with van der Waals surface area (Å²) >= 11 is 0. The van der Waals surface area contributed by atoms with E-state index in [1.807, 2.05) is 74.4 Å². The van der Waals surface area contributed by atoms with Crippen LogP contribution in [0.1, 0.15) is 11.1 Å². The van der Waals surface area contributed by atoms with Crippen LogP contribution in [0.15, 0.2) is 59.7 Å². The molecule has 2 aromatic carbocycles. The summed E-state index contributed by atoms with van der Waals surface area (Å²) in [5.41, 5.74) is 4.00. The number of rotatable bonds is 6. The predicted octanol–water partition coefficient (Wildman–Crippen LogP) is 2.05. The van der Waals surface area contributed by atoms with Crippen LogP contribution in [0.5, 0.6) is 0 Å². The van der Waals surface area contributed by atoms with E-state index in [0.717, 1.165) is 11.3 Å². The molecular weight excluding hydrogens is 394 g/mol. The molecule has 1 N–H and O–H groups in total. The second-order valence-corrected chi connectivity index (χ2v) is 7.57. The van der Waals surface area contributed by atoms with Crippen LogP contribution >= 0.6 is 0 Å². The van der Waals surface area contributed by atoms with Gasteiger partial charge in [-0.05, 0) is 36.8 Å². The van der Waals surface area contributed by atoms with Gasteiger partial charge in [-0.2, -0.15) is 0 Å². The van der Waals surface area contributed by atoms with E-state index >= 15 is 0 Å². The highest BCUT2D eigenvalue weighted by atomic mass is 16.2. The van der Waals surface area contributed by atoms with Crippen molar-refractivity contribution < 1.29 is 4.79 Å². The molecule has 9 nitrogen and oxygen atoms in total. The molecule has 0 fully saturated rings. The Morgan fingerprint density at radius 1 is 1.06 bits per heavy atom. The zero-order valence-electron chi connectivity index (χ0n) is 17.6. The number of nitrogens with zero attached hydrogens (tertiary/aromatic N) is 6. The van der Waals surface area contributed by atoms with Crippen molar-refractivity contribution in [2.75, 3.05) is 24.3 Å². The van der Waals surface area contributed by atoms with Crippen LogP contribution in [-0.4, -0.2) is 44.5 Å². The summed E-state index contributed by atoms with van der Waals surface area (Å²) in [5.74, 6) is -0.326. The van der Waals surface area contributed by atoms with E-state index in [1.165, 1.54) is 16.5 Å². The molecule has 0 radical (unpaired) electrons. The number of benzene rings is 2. The topological polar surface area (TPSA) is 97.9 Å². The summed E-state index contributed by atoms with van der Waals surface area (Å²) in [7, 11) is 3.89. The van der Waals surface area contributed by atoms with Crippen LogP contribution < -0.4 is 15.8 Å². The van der Waals surface area contributed by atoms with Gasteiger partial charge in [-0.25, -0.2) is 9.67 Å². The van der Waals surface area contributed by atoms with Gasteiger partial charge in [0.2, 0.25) is 5.91 Å². The Kier molecular flexibility index (Phi) is 5.48. The van der Waals surface area contributed by atoms with Crippen LogP contribution in [0.25, 0.3) is 11.2 Å². The number of amides is 1. The molecule has 0 aliphatic heterocycles. The fourth-order valence-electron chi connectivity index (χ4n) is 3.17. The van der Waals surface area contributed by atoms with Gasteiger partial charge in [-0.3, -0.25) is 14.2 Å². The number of aryl methyl sites for hydroxylation is 1. The standard InChI is InChI=1S/C22H23N7O2/c1-15-4-6-16(7-5-15)12-29-21-20(25-26-29)22(31)28(14-23-21)13-19(30)24-17-8-10-18(11-9-17)27(2)3/h4-11,14H,12-13H2,1-3H3,(H,24,30). The Morgan fingerprint density at radius 2 is 1.77 bits per heavy atom. The molecule has 0 bridgehead atoms. The van der Waals surface area contributed by atoms with Crippen LogP contribution in [0.4, 0.5) is 11.4 Å². The van der Waals surface area contributed by atoms with Crippen LogP contribution in [-0.2, 0) is 17.9 Å². The zero-order valence-corrected chi connectivity index (χ0v) is 17.6. The number of hydrogen-bond acceptors (Lipinski definition) is 6. The third kappa shape index (κ3) is 4.45. The average molecular weight is 417 g/mol. The van der Waals surface area contributed by atoms with E-state index in [1.54, 1.807) is 4.68 Å². The number of carbonyl (C=O) groups excluding carboxylic acids is 1. The Morgan fingerprint density at radius 3 is 2.45 bits per heavy atom. The number of hydrogen-bond donors (Lipinski definition) is 1. The van der Waals surface area contributed by atoms with Gasteiger partial charge in [0, 0.05) is 25.5 Å². The molecule has 0 saturated heterocycles. The van der Waals surface area contributed by atoms with Gasteiger partial charge in [0.05, 0.1) is 6.54 Å². The maximum atomic E-state index is 12.8. The van der Waals surface area contributed by atoms with Crippen molar-refractivity contribution in [1.29, 1.82) is 0 Å². The Bertz CT molecular complexity index is 1270. The summed E-state index contributed by atoms with van der Waals surface area (Å²) in [5, 5.41) is 10.8. The van der Waals surface area contributed by atoms with E-state index in [4.69, 9.17) is 0 Å². The number of anilines is 2. The molecule has 2 aromatic heterocycles. The highest BCUT2D eigenvalue weighted by Crippen LogP contribution is 2.15. The van der Waals surface area contributed by atoms with E-state index in [-0.39, 0.29) is 18.0 Å². The first kappa shape index (κ1) is 20.3. The van der Waals surface area contributed by atoms with Gasteiger partial charge in [0.1, 0.15) is 12.9 Å². The zero-order chi connectivity index (χ0) is 22.0. The van der Waals surface area contributed by atoms with Gasteiger partial charge < -0.3 is 10.2 Å². The van der Waals surface area contributed by atoms with E-state index in [9.17, 15) is 9.59 Å². The first-order valence-electron chi connectivity index (χ1n) is 9.82. The molecule has 4 rings (SSSR count). The van der Waals surface area contributed by atoms with Crippen LogP contribution in [0, 0.1) is 6.92 Å². The Labute approximate surface area is 178 Å². The molecule has 0 saturated carbocycles. The second-order valence-electron chi connectivity index (χ2n) is 7.57. The highest BCUT2D eigenvalue weighted by Gasteiger charge is 2.14. The number of fused-ring (bicyclic) bond motifs is 1. The SMILES string of the molecule is Cc1ccc(Cn2nnc3c(=O)n(CC(=O)Nc4ccc(N(C)C)cc4)cnc32)cc1. The molecule has 2 heterocycles. The number of nitrogens with one attached hydrogen (secondary N) is 1. The quantitative estimate of drug-likeness (QED) is 0.516. The molecule has 0 atom stereocenters. The lowest BCUT2D eigenvalue weighted by atomic mass is 10.1. The van der Waals surface area contributed by atoms with Crippen LogP contribution in [0.3, 0.4) is 0 Å². The predicted molar refractivity (Wildman–Crippen MR) is 119 cm³/mol. The minimum Gasteiger partial charge on any atom is -0.378 e. The lowest BCUT2D eigenvalue weighted by molar-refractivity contribution is -0.116. The van der Waals surface area contributed by atoms with Crippen molar-refractivity contribution in [2.24, 2.45) is 0 Å². The highest BCUT2D eigenvalue weighted by molar-refractivity contribution is 5.90. The molecular formula is C22H23N7O2. The minimum absolute atomic E-state index is 0.137. The van der Waals surface area contributed by atoms with Gasteiger partial charge in [0.25, 0.3) is 5.56 Å². The molecule has 9 heteroatoms. The van der Waals surface area contributed by atoms with Crippen molar-refractivity contribution in [3.8, 4) is 0 Å². The summed E-state index contributed by atoms with van der Waals surface area (Å²) in [6, 6.07) is 15.5. The van der Waals surface area contributed by atoms with E-state index in [2.05, 4.69) is 20.6 Å².